The van der Waals surface area contributed by atoms with Crippen molar-refractivity contribution in [3.05, 3.63) is 52.6 Å². The van der Waals surface area contributed by atoms with Crippen molar-refractivity contribution in [1.29, 1.82) is 0 Å². The maximum absolute atomic E-state index is 13.2. The molecule has 2 nitrogen and oxygen atoms in total. The summed E-state index contributed by atoms with van der Waals surface area (Å²) < 4.78 is 13.2. The number of anilines is 3. The minimum Gasteiger partial charge on any atom is -0.353 e. The summed E-state index contributed by atoms with van der Waals surface area (Å²) in [7, 11) is 0. The summed E-state index contributed by atoms with van der Waals surface area (Å²) in [5.41, 5.74) is 8.57. The van der Waals surface area contributed by atoms with Gasteiger partial charge in [-0.15, -0.1) is 4.48 Å². The minimum atomic E-state index is 0.528. The summed E-state index contributed by atoms with van der Waals surface area (Å²) in [5, 5.41) is 3.37. The van der Waals surface area contributed by atoms with E-state index in [-0.39, 0.29) is 0 Å². The van der Waals surface area contributed by atoms with Crippen LogP contribution in [-0.4, -0.2) is 0 Å². The van der Waals surface area contributed by atoms with Crippen LogP contribution in [0, 0.1) is 20.8 Å². The summed E-state index contributed by atoms with van der Waals surface area (Å²) in [6, 6.07) is 10.1. The maximum Gasteiger partial charge on any atom is 0.0922 e. The molecule has 0 aliphatic heterocycles. The molecule has 0 fully saturated rings. The fourth-order valence-electron chi connectivity index (χ4n) is 2.50. The SMILES string of the molecule is CCc1cc(C)cc(Nc2c(C)cccc2C)c1NF. The van der Waals surface area contributed by atoms with Gasteiger partial charge in [-0.3, -0.25) is 0 Å². The summed E-state index contributed by atoms with van der Waals surface area (Å²) >= 11 is 0. The smallest absolute Gasteiger partial charge is 0.0922 e. The Morgan fingerprint density at radius 3 is 2.20 bits per heavy atom. The van der Waals surface area contributed by atoms with Gasteiger partial charge in [-0.05, 0) is 55.5 Å². The molecule has 0 atom stereocenters. The van der Waals surface area contributed by atoms with Gasteiger partial charge in [-0.25, -0.2) is 5.54 Å². The Balaban J connectivity index is 2.50. The zero-order valence-corrected chi connectivity index (χ0v) is 12.5. The largest absolute Gasteiger partial charge is 0.353 e. The third-order valence-electron chi connectivity index (χ3n) is 3.58. The number of nitrogens with one attached hydrogen (secondary N) is 2. The molecule has 0 aromatic heterocycles. The lowest BCUT2D eigenvalue weighted by atomic mass is 10.0. The fourth-order valence-corrected chi connectivity index (χ4v) is 2.50. The molecule has 0 amide bonds. The Bertz CT molecular complexity index is 600. The molecule has 0 saturated heterocycles. The first-order valence-electron chi connectivity index (χ1n) is 6.90. The zero-order valence-electron chi connectivity index (χ0n) is 12.5. The number of aryl methyl sites for hydroxylation is 4. The summed E-state index contributed by atoms with van der Waals surface area (Å²) in [6.45, 7) is 8.15. The molecule has 2 aromatic carbocycles. The Kier molecular flexibility index (Phi) is 4.28. The van der Waals surface area contributed by atoms with Crippen LogP contribution in [0.1, 0.15) is 29.2 Å². The van der Waals surface area contributed by atoms with E-state index in [9.17, 15) is 4.48 Å². The van der Waals surface area contributed by atoms with Crippen molar-refractivity contribution in [2.24, 2.45) is 0 Å². The second kappa shape index (κ2) is 5.95. The number of halogens is 1. The Morgan fingerprint density at radius 1 is 1.00 bits per heavy atom. The van der Waals surface area contributed by atoms with Crippen LogP contribution in [0.5, 0.6) is 0 Å². The highest BCUT2D eigenvalue weighted by atomic mass is 19.2. The van der Waals surface area contributed by atoms with E-state index >= 15 is 0 Å². The van der Waals surface area contributed by atoms with E-state index in [2.05, 4.69) is 31.3 Å². The van der Waals surface area contributed by atoms with E-state index in [1.54, 1.807) is 0 Å². The molecular weight excluding hydrogens is 251 g/mol. The van der Waals surface area contributed by atoms with Crippen LogP contribution >= 0.6 is 0 Å². The van der Waals surface area contributed by atoms with Crippen molar-refractivity contribution >= 4 is 17.1 Å². The van der Waals surface area contributed by atoms with Crippen LogP contribution in [0.15, 0.2) is 30.3 Å². The first-order chi connectivity index (χ1) is 9.56. The van der Waals surface area contributed by atoms with Gasteiger partial charge in [0, 0.05) is 5.69 Å². The Hall–Kier alpha value is -2.03. The lowest BCUT2D eigenvalue weighted by Gasteiger charge is -2.18. The monoisotopic (exact) mass is 272 g/mol. The van der Waals surface area contributed by atoms with Crippen LogP contribution in [0.3, 0.4) is 0 Å². The second-order valence-corrected chi connectivity index (χ2v) is 5.19. The molecule has 0 saturated carbocycles. The fraction of sp³-hybridized carbons (Fsp3) is 0.294. The number of hydrogen-bond acceptors (Lipinski definition) is 2. The highest BCUT2D eigenvalue weighted by Crippen LogP contribution is 2.33. The number of para-hydroxylation sites is 1. The van der Waals surface area contributed by atoms with Crippen LogP contribution < -0.4 is 10.9 Å². The van der Waals surface area contributed by atoms with E-state index in [0.29, 0.717) is 5.69 Å². The van der Waals surface area contributed by atoms with Gasteiger partial charge in [0.05, 0.1) is 11.4 Å². The minimum absolute atomic E-state index is 0.528. The summed E-state index contributed by atoms with van der Waals surface area (Å²) in [5.74, 6) is 0. The van der Waals surface area contributed by atoms with Crippen molar-refractivity contribution in [2.75, 3.05) is 10.9 Å². The Morgan fingerprint density at radius 2 is 1.65 bits per heavy atom. The number of rotatable bonds is 4. The molecule has 0 heterocycles. The van der Waals surface area contributed by atoms with Gasteiger partial charge in [0.25, 0.3) is 0 Å². The van der Waals surface area contributed by atoms with Gasteiger partial charge >= 0.3 is 0 Å². The van der Waals surface area contributed by atoms with Crippen LogP contribution in [0.4, 0.5) is 21.5 Å². The molecule has 0 unspecified atom stereocenters. The predicted octanol–water partition coefficient (Wildman–Crippen LogP) is 5.21. The van der Waals surface area contributed by atoms with Gasteiger partial charge in [-0.1, -0.05) is 31.2 Å². The van der Waals surface area contributed by atoms with Gasteiger partial charge in [0.1, 0.15) is 0 Å². The van der Waals surface area contributed by atoms with E-state index in [4.69, 9.17) is 0 Å². The van der Waals surface area contributed by atoms with Gasteiger partial charge in [0.2, 0.25) is 0 Å². The molecule has 0 bridgehead atoms. The molecule has 0 spiro atoms. The van der Waals surface area contributed by atoms with Crippen molar-refractivity contribution in [1.82, 2.24) is 0 Å². The quantitative estimate of drug-likeness (QED) is 0.746. The standard InChI is InChI=1S/C17H21FN2/c1-5-14-9-11(2)10-15(17(14)20-18)19-16-12(3)7-6-8-13(16)4/h6-10,19-20H,5H2,1-4H3. The third kappa shape index (κ3) is 2.77. The lowest BCUT2D eigenvalue weighted by molar-refractivity contribution is 0.616. The van der Waals surface area contributed by atoms with Gasteiger partial charge < -0.3 is 5.32 Å². The average Bonchev–Trinajstić information content (AvgIpc) is 2.42. The first-order valence-corrected chi connectivity index (χ1v) is 6.90. The van der Waals surface area contributed by atoms with E-state index < -0.39 is 0 Å². The molecule has 0 aliphatic carbocycles. The third-order valence-corrected chi connectivity index (χ3v) is 3.58. The van der Waals surface area contributed by atoms with Crippen LogP contribution in [0.2, 0.25) is 0 Å². The van der Waals surface area contributed by atoms with E-state index in [1.807, 2.05) is 37.6 Å². The molecule has 3 heteroatoms. The van der Waals surface area contributed by atoms with Crippen molar-refractivity contribution in [2.45, 2.75) is 34.1 Å². The molecule has 2 rings (SSSR count). The molecule has 2 aromatic rings. The van der Waals surface area contributed by atoms with E-state index in [0.717, 1.165) is 40.0 Å². The topological polar surface area (TPSA) is 24.1 Å². The molecule has 2 N–H and O–H groups in total. The Labute approximate surface area is 120 Å². The van der Waals surface area contributed by atoms with Crippen molar-refractivity contribution in [3.8, 4) is 0 Å². The predicted molar refractivity (Wildman–Crippen MR) is 84.5 cm³/mol. The van der Waals surface area contributed by atoms with Crippen molar-refractivity contribution < 1.29 is 4.48 Å². The number of hydrogen-bond donors (Lipinski definition) is 2. The van der Waals surface area contributed by atoms with Gasteiger partial charge in [0.15, 0.2) is 0 Å². The zero-order chi connectivity index (χ0) is 14.7. The highest BCUT2D eigenvalue weighted by Gasteiger charge is 2.11. The van der Waals surface area contributed by atoms with Gasteiger partial charge in [-0.2, -0.15) is 0 Å². The second-order valence-electron chi connectivity index (χ2n) is 5.19. The molecular formula is C17H21FN2. The number of benzene rings is 2. The highest BCUT2D eigenvalue weighted by molar-refractivity contribution is 5.79. The molecule has 0 aliphatic rings. The molecule has 106 valence electrons. The van der Waals surface area contributed by atoms with Crippen molar-refractivity contribution in [3.63, 3.8) is 0 Å². The summed E-state index contributed by atoms with van der Waals surface area (Å²) in [6.07, 6.45) is 0.787. The average molecular weight is 272 g/mol. The van der Waals surface area contributed by atoms with E-state index in [1.165, 1.54) is 0 Å². The van der Waals surface area contributed by atoms with Crippen LogP contribution in [-0.2, 0) is 6.42 Å². The first kappa shape index (κ1) is 14.4. The maximum atomic E-state index is 13.2. The lowest BCUT2D eigenvalue weighted by Crippen LogP contribution is -2.02. The molecule has 0 radical (unpaired) electrons. The summed E-state index contributed by atoms with van der Waals surface area (Å²) in [4.78, 5) is 0. The molecule has 20 heavy (non-hydrogen) atoms. The normalized spacial score (nSPS) is 10.4. The van der Waals surface area contributed by atoms with Crippen LogP contribution in [0.25, 0.3) is 0 Å².